The van der Waals surface area contributed by atoms with Crippen LogP contribution >= 0.6 is 11.3 Å². The molecule has 33 heavy (non-hydrogen) atoms. The topological polar surface area (TPSA) is 108 Å². The highest BCUT2D eigenvalue weighted by Gasteiger charge is 2.18. The molecule has 2 N–H and O–H groups in total. The van der Waals surface area contributed by atoms with Gasteiger partial charge in [0.1, 0.15) is 10.7 Å². The van der Waals surface area contributed by atoms with Crippen LogP contribution in [0.4, 0.5) is 0 Å². The molecule has 9 nitrogen and oxygen atoms in total. The van der Waals surface area contributed by atoms with E-state index in [1.165, 1.54) is 31.6 Å². The number of rotatable bonds is 8. The molecule has 0 saturated carbocycles. The number of benzene rings is 2. The fraction of sp³-hybridized carbons (Fsp3) is 0.261. The highest BCUT2D eigenvalue weighted by Crippen LogP contribution is 2.39. The number of hydrazine groups is 1. The Balaban J connectivity index is 1.69. The van der Waals surface area contributed by atoms with E-state index in [1.807, 2.05) is 26.0 Å². The van der Waals surface area contributed by atoms with Gasteiger partial charge in [-0.2, -0.15) is 0 Å². The normalized spacial score (nSPS) is 10.5. The number of nitrogens with zero attached hydrogens (tertiary/aromatic N) is 1. The van der Waals surface area contributed by atoms with Gasteiger partial charge in [0.05, 0.1) is 33.0 Å². The summed E-state index contributed by atoms with van der Waals surface area (Å²) in [4.78, 5) is 29.4. The molecule has 10 heteroatoms. The summed E-state index contributed by atoms with van der Waals surface area (Å²) < 4.78 is 21.7. The van der Waals surface area contributed by atoms with Crippen LogP contribution in [0.1, 0.15) is 34.7 Å². The molecule has 174 valence electrons. The third-order valence-corrected chi connectivity index (χ3v) is 5.32. The van der Waals surface area contributed by atoms with E-state index >= 15 is 0 Å². The Hall–Kier alpha value is -3.79. The number of nitrogens with one attached hydrogen (secondary N) is 2. The molecule has 3 aromatic rings. The van der Waals surface area contributed by atoms with Crippen molar-refractivity contribution in [1.82, 2.24) is 15.8 Å². The molecule has 0 radical (unpaired) electrons. The number of hydrogen-bond acceptors (Lipinski definition) is 8. The minimum atomic E-state index is -0.556. The van der Waals surface area contributed by atoms with Gasteiger partial charge in [-0.3, -0.25) is 20.4 Å². The van der Waals surface area contributed by atoms with Crippen LogP contribution in [0.5, 0.6) is 23.0 Å². The number of thiazole rings is 1. The summed E-state index contributed by atoms with van der Waals surface area (Å²) in [6, 6.07) is 10.2. The number of methoxy groups -OCH3 is 3. The Kier molecular flexibility index (Phi) is 7.73. The van der Waals surface area contributed by atoms with Gasteiger partial charge < -0.3 is 18.9 Å². The van der Waals surface area contributed by atoms with Crippen LogP contribution in [0.3, 0.4) is 0 Å². The van der Waals surface area contributed by atoms with Crippen LogP contribution in [-0.4, -0.2) is 44.2 Å². The van der Waals surface area contributed by atoms with Gasteiger partial charge in [-0.15, -0.1) is 11.3 Å². The van der Waals surface area contributed by atoms with Crippen LogP contribution in [0.25, 0.3) is 10.6 Å². The minimum absolute atomic E-state index is 0.0437. The molecule has 1 aromatic heterocycles. The summed E-state index contributed by atoms with van der Waals surface area (Å²) >= 11 is 1.27. The van der Waals surface area contributed by atoms with E-state index in [4.69, 9.17) is 18.9 Å². The smallest absolute Gasteiger partial charge is 0.289 e. The van der Waals surface area contributed by atoms with E-state index in [1.54, 1.807) is 30.7 Å². The number of ether oxygens (including phenoxy) is 4. The van der Waals surface area contributed by atoms with Crippen molar-refractivity contribution in [1.29, 1.82) is 0 Å². The van der Waals surface area contributed by atoms with E-state index < -0.39 is 11.8 Å². The lowest BCUT2D eigenvalue weighted by Crippen LogP contribution is -2.41. The van der Waals surface area contributed by atoms with Crippen LogP contribution in [0.2, 0.25) is 0 Å². The van der Waals surface area contributed by atoms with Crippen molar-refractivity contribution < 1.29 is 28.5 Å². The lowest BCUT2D eigenvalue weighted by molar-refractivity contribution is 0.0844. The first-order chi connectivity index (χ1) is 15.9. The second-order valence-electron chi connectivity index (χ2n) is 7.02. The fourth-order valence-corrected chi connectivity index (χ4v) is 3.79. The highest BCUT2D eigenvalue weighted by atomic mass is 32.1. The van der Waals surface area contributed by atoms with Gasteiger partial charge in [0.25, 0.3) is 11.8 Å². The molecule has 2 aromatic carbocycles. The largest absolute Gasteiger partial charge is 0.493 e. The Morgan fingerprint density at radius 1 is 0.909 bits per heavy atom. The molecule has 3 rings (SSSR count). The molecular weight excluding hydrogens is 446 g/mol. The van der Waals surface area contributed by atoms with Gasteiger partial charge in [-0.25, -0.2) is 4.98 Å². The monoisotopic (exact) mass is 471 g/mol. The molecule has 2 amide bonds. The Morgan fingerprint density at radius 3 is 2.30 bits per heavy atom. The second-order valence-corrected chi connectivity index (χ2v) is 7.88. The van der Waals surface area contributed by atoms with E-state index in [0.29, 0.717) is 39.1 Å². The maximum Gasteiger partial charge on any atom is 0.289 e. The van der Waals surface area contributed by atoms with Gasteiger partial charge >= 0.3 is 0 Å². The van der Waals surface area contributed by atoms with E-state index in [9.17, 15) is 9.59 Å². The molecule has 0 saturated heterocycles. The average Bonchev–Trinajstić information content (AvgIpc) is 3.31. The first kappa shape index (κ1) is 23.9. The highest BCUT2D eigenvalue weighted by molar-refractivity contribution is 7.13. The van der Waals surface area contributed by atoms with Gasteiger partial charge in [0.15, 0.2) is 23.0 Å². The van der Waals surface area contributed by atoms with E-state index in [-0.39, 0.29) is 11.8 Å². The third kappa shape index (κ3) is 5.53. The number of hydrogen-bond donors (Lipinski definition) is 2. The van der Waals surface area contributed by atoms with Crippen LogP contribution < -0.4 is 29.8 Å². The number of para-hydroxylation sites is 1. The Labute approximate surface area is 195 Å². The Bertz CT molecular complexity index is 1140. The Morgan fingerprint density at radius 2 is 1.64 bits per heavy atom. The average molecular weight is 472 g/mol. The molecule has 0 fully saturated rings. The van der Waals surface area contributed by atoms with Gasteiger partial charge in [-0.05, 0) is 44.2 Å². The maximum absolute atomic E-state index is 12.5. The molecule has 0 spiro atoms. The van der Waals surface area contributed by atoms with Crippen molar-refractivity contribution in [2.24, 2.45) is 0 Å². The molecule has 0 aliphatic carbocycles. The van der Waals surface area contributed by atoms with E-state index in [0.717, 1.165) is 0 Å². The maximum atomic E-state index is 12.5. The lowest BCUT2D eigenvalue weighted by Gasteiger charge is -2.14. The van der Waals surface area contributed by atoms with Crippen molar-refractivity contribution >= 4 is 23.2 Å². The number of aromatic nitrogens is 1. The van der Waals surface area contributed by atoms with Crippen LogP contribution in [-0.2, 0) is 0 Å². The van der Waals surface area contributed by atoms with Crippen LogP contribution in [0, 0.1) is 0 Å². The molecule has 0 bridgehead atoms. The molecule has 0 atom stereocenters. The summed E-state index contributed by atoms with van der Waals surface area (Å²) in [5.41, 5.74) is 5.90. The first-order valence-electron chi connectivity index (χ1n) is 10.00. The zero-order valence-electron chi connectivity index (χ0n) is 18.9. The van der Waals surface area contributed by atoms with Crippen molar-refractivity contribution in [3.05, 3.63) is 53.0 Å². The second kappa shape index (κ2) is 10.7. The zero-order chi connectivity index (χ0) is 24.0. The zero-order valence-corrected chi connectivity index (χ0v) is 19.7. The number of amides is 2. The predicted octanol–water partition coefficient (Wildman–Crippen LogP) is 3.70. The summed E-state index contributed by atoms with van der Waals surface area (Å²) in [6.07, 6.45) is -0.0437. The third-order valence-electron chi connectivity index (χ3n) is 4.45. The van der Waals surface area contributed by atoms with E-state index in [2.05, 4.69) is 15.8 Å². The molecule has 0 unspecified atom stereocenters. The molecule has 0 aliphatic heterocycles. The summed E-state index contributed by atoms with van der Waals surface area (Å²) in [5, 5.41) is 2.17. The van der Waals surface area contributed by atoms with Crippen LogP contribution in [0.15, 0.2) is 41.8 Å². The number of carbonyl (C=O) groups is 2. The fourth-order valence-electron chi connectivity index (χ4n) is 2.97. The number of carbonyl (C=O) groups excluding carboxylic acids is 2. The van der Waals surface area contributed by atoms with Crippen molar-refractivity contribution in [3.8, 4) is 33.6 Å². The standard InChI is InChI=1S/C23H25N3O6S/c1-13(2)32-17-10-9-14(11-19(17)30-4)21(27)25-26-22(28)16-12-33-23(24-16)15-7-6-8-18(29-3)20(15)31-5/h6-13H,1-5H3,(H,25,27)(H,26,28). The minimum Gasteiger partial charge on any atom is -0.493 e. The summed E-state index contributed by atoms with van der Waals surface area (Å²) in [7, 11) is 4.57. The summed E-state index contributed by atoms with van der Waals surface area (Å²) in [5.74, 6) is 0.953. The lowest BCUT2D eigenvalue weighted by atomic mass is 10.2. The quantitative estimate of drug-likeness (QED) is 0.482. The molecule has 1 heterocycles. The SMILES string of the molecule is COc1cc(C(=O)NNC(=O)c2csc(-c3cccc(OC)c3OC)n2)ccc1OC(C)C. The van der Waals surface area contributed by atoms with Crippen molar-refractivity contribution in [3.63, 3.8) is 0 Å². The van der Waals surface area contributed by atoms with Gasteiger partial charge in [0.2, 0.25) is 0 Å². The predicted molar refractivity (Wildman–Crippen MR) is 124 cm³/mol. The van der Waals surface area contributed by atoms with Gasteiger partial charge in [-0.1, -0.05) is 6.07 Å². The summed E-state index contributed by atoms with van der Waals surface area (Å²) in [6.45, 7) is 3.79. The molecule has 0 aliphatic rings. The van der Waals surface area contributed by atoms with Gasteiger partial charge in [0, 0.05) is 10.9 Å². The molecular formula is C23H25N3O6S. The first-order valence-corrected chi connectivity index (χ1v) is 10.9. The van der Waals surface area contributed by atoms with Crippen molar-refractivity contribution in [2.75, 3.05) is 21.3 Å². The van der Waals surface area contributed by atoms with Crippen molar-refractivity contribution in [2.45, 2.75) is 20.0 Å².